The number of nitrogens with one attached hydrogen (secondary N) is 1. The summed E-state index contributed by atoms with van der Waals surface area (Å²) in [6, 6.07) is 5.19. The second-order valence-corrected chi connectivity index (χ2v) is 4.55. The average Bonchev–Trinajstić information content (AvgIpc) is 2.30. The predicted octanol–water partition coefficient (Wildman–Crippen LogP) is 1.53. The second-order valence-electron chi connectivity index (χ2n) is 4.55. The molecule has 0 spiro atoms. The number of aryl methyl sites for hydroxylation is 1. The highest BCUT2D eigenvalue weighted by molar-refractivity contribution is 5.79. The summed E-state index contributed by atoms with van der Waals surface area (Å²) >= 11 is 0. The summed E-state index contributed by atoms with van der Waals surface area (Å²) in [5, 5.41) is 11.3. The number of methoxy groups -OCH3 is 1. The molecule has 0 fully saturated rings. The van der Waals surface area contributed by atoms with E-state index in [2.05, 4.69) is 5.32 Å². The van der Waals surface area contributed by atoms with E-state index < -0.39 is 5.97 Å². The number of ether oxygens (including phenoxy) is 1. The fourth-order valence-electron chi connectivity index (χ4n) is 1.80. The summed E-state index contributed by atoms with van der Waals surface area (Å²) in [7, 11) is 1.58. The number of carboxylic acids is 1. The molecule has 2 N–H and O–H groups in total. The van der Waals surface area contributed by atoms with Gasteiger partial charge in [-0.3, -0.25) is 9.59 Å². The highest BCUT2D eigenvalue weighted by atomic mass is 16.5. The van der Waals surface area contributed by atoms with E-state index in [4.69, 9.17) is 9.84 Å². The van der Waals surface area contributed by atoms with Gasteiger partial charge in [0.25, 0.3) is 0 Å². The lowest BCUT2D eigenvalue weighted by Gasteiger charge is -2.12. The van der Waals surface area contributed by atoms with Crippen LogP contribution in [0.1, 0.15) is 24.5 Å². The fraction of sp³-hybridized carbons (Fsp3) is 0.429. The van der Waals surface area contributed by atoms with Crippen LogP contribution in [0.4, 0.5) is 0 Å². The van der Waals surface area contributed by atoms with E-state index in [0.717, 1.165) is 16.9 Å². The molecule has 0 bridgehead atoms. The molecule has 0 aliphatic rings. The lowest BCUT2D eigenvalue weighted by Crippen LogP contribution is -2.35. The van der Waals surface area contributed by atoms with Crippen LogP contribution in [0, 0.1) is 6.92 Å². The first-order chi connectivity index (χ1) is 8.92. The number of amides is 1. The molecule has 1 atom stereocenters. The van der Waals surface area contributed by atoms with Gasteiger partial charge in [0.15, 0.2) is 0 Å². The predicted molar refractivity (Wildman–Crippen MR) is 71.3 cm³/mol. The van der Waals surface area contributed by atoms with E-state index in [9.17, 15) is 9.59 Å². The molecule has 104 valence electrons. The molecule has 1 unspecified atom stereocenters. The Morgan fingerprint density at radius 3 is 2.68 bits per heavy atom. The van der Waals surface area contributed by atoms with Crippen molar-refractivity contribution < 1.29 is 19.4 Å². The van der Waals surface area contributed by atoms with Gasteiger partial charge < -0.3 is 15.2 Å². The van der Waals surface area contributed by atoms with Crippen molar-refractivity contribution in [3.8, 4) is 5.75 Å². The van der Waals surface area contributed by atoms with E-state index in [1.54, 1.807) is 14.0 Å². The van der Waals surface area contributed by atoms with Crippen LogP contribution in [0.3, 0.4) is 0 Å². The van der Waals surface area contributed by atoms with Crippen LogP contribution >= 0.6 is 0 Å². The number of carbonyl (C=O) groups is 2. The summed E-state index contributed by atoms with van der Waals surface area (Å²) in [5.41, 5.74) is 1.84. The molecule has 5 heteroatoms. The van der Waals surface area contributed by atoms with Crippen molar-refractivity contribution in [3.05, 3.63) is 29.3 Å². The number of hydrogen-bond donors (Lipinski definition) is 2. The van der Waals surface area contributed by atoms with Crippen LogP contribution < -0.4 is 10.1 Å². The van der Waals surface area contributed by atoms with Crippen molar-refractivity contribution in [2.75, 3.05) is 7.11 Å². The zero-order chi connectivity index (χ0) is 14.4. The van der Waals surface area contributed by atoms with Crippen molar-refractivity contribution in [2.24, 2.45) is 0 Å². The molecular weight excluding hydrogens is 246 g/mol. The molecule has 1 amide bonds. The van der Waals surface area contributed by atoms with Crippen molar-refractivity contribution in [1.29, 1.82) is 0 Å². The molecule has 1 aromatic carbocycles. The van der Waals surface area contributed by atoms with Crippen molar-refractivity contribution in [2.45, 2.75) is 32.7 Å². The topological polar surface area (TPSA) is 75.6 Å². The average molecular weight is 265 g/mol. The Kier molecular flexibility index (Phi) is 5.36. The Bertz CT molecular complexity index is 471. The van der Waals surface area contributed by atoms with Crippen molar-refractivity contribution >= 4 is 11.9 Å². The first-order valence-electron chi connectivity index (χ1n) is 6.07. The smallest absolute Gasteiger partial charge is 0.305 e. The first-order valence-corrected chi connectivity index (χ1v) is 6.07. The molecule has 0 aliphatic heterocycles. The molecule has 1 rings (SSSR count). The normalized spacial score (nSPS) is 11.7. The van der Waals surface area contributed by atoms with Gasteiger partial charge >= 0.3 is 5.97 Å². The molecule has 0 saturated carbocycles. The monoisotopic (exact) mass is 265 g/mol. The number of carbonyl (C=O) groups excluding carboxylic acids is 1. The Labute approximate surface area is 112 Å². The van der Waals surface area contributed by atoms with Crippen LogP contribution in [0.15, 0.2) is 18.2 Å². The van der Waals surface area contributed by atoms with Crippen molar-refractivity contribution in [3.63, 3.8) is 0 Å². The Morgan fingerprint density at radius 2 is 2.11 bits per heavy atom. The lowest BCUT2D eigenvalue weighted by molar-refractivity contribution is -0.137. The Hall–Kier alpha value is -2.04. The number of carboxylic acid groups (broad SMARTS) is 1. The number of aliphatic carboxylic acids is 1. The van der Waals surface area contributed by atoms with E-state index in [1.807, 2.05) is 25.1 Å². The molecular formula is C14H19NO4. The van der Waals surface area contributed by atoms with Gasteiger partial charge in [-0.25, -0.2) is 0 Å². The van der Waals surface area contributed by atoms with Crippen LogP contribution in [0.2, 0.25) is 0 Å². The highest BCUT2D eigenvalue weighted by Crippen LogP contribution is 2.19. The third kappa shape index (κ3) is 4.99. The van der Waals surface area contributed by atoms with Gasteiger partial charge in [-0.2, -0.15) is 0 Å². The largest absolute Gasteiger partial charge is 0.496 e. The molecule has 0 saturated heterocycles. The first kappa shape index (κ1) is 15.0. The third-order valence-corrected chi connectivity index (χ3v) is 2.73. The fourth-order valence-corrected chi connectivity index (χ4v) is 1.80. The van der Waals surface area contributed by atoms with Crippen LogP contribution in [-0.4, -0.2) is 30.1 Å². The lowest BCUT2D eigenvalue weighted by atomic mass is 10.1. The van der Waals surface area contributed by atoms with Crippen LogP contribution in [0.5, 0.6) is 5.75 Å². The zero-order valence-corrected chi connectivity index (χ0v) is 11.4. The number of benzene rings is 1. The third-order valence-electron chi connectivity index (χ3n) is 2.73. The number of rotatable bonds is 6. The Morgan fingerprint density at radius 1 is 1.42 bits per heavy atom. The molecule has 0 aromatic heterocycles. The summed E-state index contributed by atoms with van der Waals surface area (Å²) < 4.78 is 5.19. The summed E-state index contributed by atoms with van der Waals surface area (Å²) in [5.74, 6) is -0.381. The summed E-state index contributed by atoms with van der Waals surface area (Å²) in [4.78, 5) is 22.2. The molecule has 0 aliphatic carbocycles. The van der Waals surface area contributed by atoms with Gasteiger partial charge in [0.05, 0.1) is 20.0 Å². The van der Waals surface area contributed by atoms with E-state index in [0.29, 0.717) is 0 Å². The van der Waals surface area contributed by atoms with Gasteiger partial charge in [-0.15, -0.1) is 0 Å². The molecule has 0 heterocycles. The SMILES string of the molecule is COc1cc(CC(=O)NC(C)CC(=O)O)ccc1C. The minimum absolute atomic E-state index is 0.0804. The maximum Gasteiger partial charge on any atom is 0.305 e. The number of hydrogen-bond acceptors (Lipinski definition) is 3. The zero-order valence-electron chi connectivity index (χ0n) is 11.4. The molecule has 0 radical (unpaired) electrons. The quantitative estimate of drug-likeness (QED) is 0.817. The van der Waals surface area contributed by atoms with Crippen LogP contribution in [-0.2, 0) is 16.0 Å². The summed E-state index contributed by atoms with van der Waals surface area (Å²) in [6.45, 7) is 3.60. The molecule has 5 nitrogen and oxygen atoms in total. The van der Waals surface area contributed by atoms with E-state index in [-0.39, 0.29) is 24.8 Å². The maximum absolute atomic E-state index is 11.7. The second kappa shape index (κ2) is 6.78. The van der Waals surface area contributed by atoms with Crippen LogP contribution in [0.25, 0.3) is 0 Å². The minimum atomic E-state index is -0.926. The standard InChI is InChI=1S/C14H19NO4/c1-9-4-5-11(7-12(9)19-3)8-13(16)15-10(2)6-14(17)18/h4-5,7,10H,6,8H2,1-3H3,(H,15,16)(H,17,18). The summed E-state index contributed by atoms with van der Waals surface area (Å²) in [6.07, 6.45) is 0.129. The molecule has 19 heavy (non-hydrogen) atoms. The maximum atomic E-state index is 11.7. The van der Waals surface area contributed by atoms with E-state index in [1.165, 1.54) is 0 Å². The Balaban J connectivity index is 2.59. The molecule has 1 aromatic rings. The van der Waals surface area contributed by atoms with E-state index >= 15 is 0 Å². The van der Waals surface area contributed by atoms with Gasteiger partial charge in [-0.05, 0) is 31.0 Å². The van der Waals surface area contributed by atoms with Gasteiger partial charge in [0, 0.05) is 6.04 Å². The highest BCUT2D eigenvalue weighted by Gasteiger charge is 2.12. The van der Waals surface area contributed by atoms with Gasteiger partial charge in [-0.1, -0.05) is 12.1 Å². The minimum Gasteiger partial charge on any atom is -0.496 e. The van der Waals surface area contributed by atoms with Gasteiger partial charge in [0.2, 0.25) is 5.91 Å². The van der Waals surface area contributed by atoms with Crippen molar-refractivity contribution in [1.82, 2.24) is 5.32 Å². The van der Waals surface area contributed by atoms with Gasteiger partial charge in [0.1, 0.15) is 5.75 Å².